The van der Waals surface area contributed by atoms with Gasteiger partial charge in [-0.05, 0) is 25.7 Å². The molecular weight excluding hydrogens is 697 g/mol. The molecule has 0 bridgehead atoms. The molecule has 0 aliphatic carbocycles. The first kappa shape index (κ1) is 50.2. The molecule has 0 spiro atoms. The van der Waals surface area contributed by atoms with Crippen molar-refractivity contribution in [2.75, 3.05) is 19.8 Å². The largest absolute Gasteiger partial charge is 0.480 e. The van der Waals surface area contributed by atoms with E-state index in [9.17, 15) is 23.8 Å². The Hall–Kier alpha value is -2.82. The zero-order valence-corrected chi connectivity index (χ0v) is 33.5. The predicted octanol–water partition coefficient (Wildman–Crippen LogP) is 10.00. The van der Waals surface area contributed by atoms with E-state index < -0.39 is 51.1 Å². The fourth-order valence-corrected chi connectivity index (χ4v) is 5.81. The highest BCUT2D eigenvalue weighted by Crippen LogP contribution is 2.43. The van der Waals surface area contributed by atoms with E-state index in [1.54, 1.807) is 0 Å². The summed E-state index contributed by atoms with van der Waals surface area (Å²) in [6.07, 6.45) is 40.2. The molecule has 0 aliphatic rings. The van der Waals surface area contributed by atoms with Gasteiger partial charge in [0.2, 0.25) is 0 Å². The molecule has 0 saturated heterocycles. The van der Waals surface area contributed by atoms with E-state index in [2.05, 4.69) is 24.4 Å². The molecule has 0 amide bonds. The molecule has 0 rings (SSSR count). The number of allylic oxidation sites excluding steroid dienone is 10. The first-order chi connectivity index (χ1) is 25.6. The summed E-state index contributed by atoms with van der Waals surface area (Å²) in [6.45, 7) is 2.57. The second-order valence-electron chi connectivity index (χ2n) is 13.2. The lowest BCUT2D eigenvalue weighted by Gasteiger charge is -2.20. The van der Waals surface area contributed by atoms with Crippen LogP contribution in [0.25, 0.3) is 0 Å². The average molecular weight is 768 g/mol. The van der Waals surface area contributed by atoms with Crippen LogP contribution in [0.2, 0.25) is 0 Å². The number of aliphatic carboxylic acids is 1. The zero-order valence-electron chi connectivity index (χ0n) is 32.6. The van der Waals surface area contributed by atoms with Crippen molar-refractivity contribution < 1.29 is 47.5 Å². The van der Waals surface area contributed by atoms with Crippen molar-refractivity contribution in [1.29, 1.82) is 0 Å². The monoisotopic (exact) mass is 767 g/mol. The van der Waals surface area contributed by atoms with Crippen molar-refractivity contribution >= 4 is 25.7 Å². The van der Waals surface area contributed by atoms with E-state index in [1.807, 2.05) is 54.7 Å². The van der Waals surface area contributed by atoms with Crippen LogP contribution in [-0.2, 0) is 37.5 Å². The maximum Gasteiger partial charge on any atom is 0.472 e. The SMILES string of the molecule is CC/C=C/C=C/C=C/C=C/C=C/CCCC(=O)OC(COC(=O)CCCCCCCCCCCCCCCCCC)COP(=O)(O)OC[C@H](N)C(=O)O. The number of hydrogen-bond donors (Lipinski definition) is 3. The van der Waals surface area contributed by atoms with Gasteiger partial charge in [0.25, 0.3) is 0 Å². The van der Waals surface area contributed by atoms with Gasteiger partial charge in [0.05, 0.1) is 13.2 Å². The molecule has 4 N–H and O–H groups in total. The van der Waals surface area contributed by atoms with Crippen LogP contribution < -0.4 is 5.73 Å². The van der Waals surface area contributed by atoms with Crippen LogP contribution >= 0.6 is 7.82 Å². The molecular formula is C41H70NO10P. The van der Waals surface area contributed by atoms with E-state index in [1.165, 1.54) is 77.0 Å². The van der Waals surface area contributed by atoms with Gasteiger partial charge in [-0.25, -0.2) is 4.57 Å². The topological polar surface area (TPSA) is 172 Å². The summed E-state index contributed by atoms with van der Waals surface area (Å²) in [5, 5.41) is 8.86. The van der Waals surface area contributed by atoms with Crippen molar-refractivity contribution in [2.24, 2.45) is 5.73 Å². The first-order valence-electron chi connectivity index (χ1n) is 19.9. The number of ether oxygens (including phenoxy) is 2. The van der Waals surface area contributed by atoms with Gasteiger partial charge in [-0.1, -0.05) is 171 Å². The van der Waals surface area contributed by atoms with Crippen molar-refractivity contribution in [3.05, 3.63) is 60.8 Å². The van der Waals surface area contributed by atoms with E-state index in [4.69, 9.17) is 24.8 Å². The second kappa shape index (κ2) is 36.2. The van der Waals surface area contributed by atoms with E-state index in [0.29, 0.717) is 19.3 Å². The van der Waals surface area contributed by atoms with Crippen LogP contribution in [0, 0.1) is 0 Å². The molecule has 0 aromatic rings. The third kappa shape index (κ3) is 36.0. The molecule has 0 aromatic carbocycles. The standard InChI is InChI=1S/C41H70NO10P/c1-3-5-7-9-11-13-15-17-18-19-21-22-24-26-28-30-32-39(43)49-34-37(35-50-53(47,48)51-36-38(42)41(45)46)52-40(44)33-31-29-27-25-23-20-16-14-12-10-8-6-4-2/h6,8,10,12,14,16,20,23,25,27,37-38H,3-5,7,9,11,13,15,17-19,21-22,24,26,28-36,42H2,1-2H3,(H,45,46)(H,47,48)/b8-6+,12-10+,16-14+,23-20+,27-25+/t37?,38-/m0/s1. The minimum atomic E-state index is -4.73. The fraction of sp³-hybridized carbons (Fsp3) is 0.683. The van der Waals surface area contributed by atoms with Gasteiger partial charge in [0, 0.05) is 12.8 Å². The second-order valence-corrected chi connectivity index (χ2v) is 14.6. The summed E-state index contributed by atoms with van der Waals surface area (Å²) in [6, 6.07) is -1.53. The maximum absolute atomic E-state index is 12.5. The van der Waals surface area contributed by atoms with Crippen LogP contribution in [0.5, 0.6) is 0 Å². The van der Waals surface area contributed by atoms with E-state index in [-0.39, 0.29) is 19.4 Å². The number of carboxylic acid groups (broad SMARTS) is 1. The Morgan fingerprint density at radius 2 is 1.06 bits per heavy atom. The highest BCUT2D eigenvalue weighted by molar-refractivity contribution is 7.47. The molecule has 0 heterocycles. The van der Waals surface area contributed by atoms with E-state index >= 15 is 0 Å². The van der Waals surface area contributed by atoms with E-state index in [0.717, 1.165) is 25.7 Å². The number of phosphoric ester groups is 1. The maximum atomic E-state index is 12.5. The molecule has 11 nitrogen and oxygen atoms in total. The number of unbranched alkanes of at least 4 members (excludes halogenated alkanes) is 16. The lowest BCUT2D eigenvalue weighted by atomic mass is 10.0. The highest BCUT2D eigenvalue weighted by Gasteiger charge is 2.28. The molecule has 3 atom stereocenters. The number of hydrogen-bond acceptors (Lipinski definition) is 9. The van der Waals surface area contributed by atoms with Crippen molar-refractivity contribution in [3.63, 3.8) is 0 Å². The van der Waals surface area contributed by atoms with Gasteiger partial charge in [-0.3, -0.25) is 23.4 Å². The Kier molecular flexibility index (Phi) is 34.2. The Morgan fingerprint density at radius 3 is 1.57 bits per heavy atom. The zero-order chi connectivity index (χ0) is 39.3. The third-order valence-electron chi connectivity index (χ3n) is 8.16. The van der Waals surface area contributed by atoms with Crippen molar-refractivity contribution in [2.45, 2.75) is 161 Å². The van der Waals surface area contributed by atoms with Gasteiger partial charge in [-0.2, -0.15) is 0 Å². The summed E-state index contributed by atoms with van der Waals surface area (Å²) in [7, 11) is -4.73. The van der Waals surface area contributed by atoms with Crippen LogP contribution in [0.1, 0.15) is 149 Å². The van der Waals surface area contributed by atoms with Crippen LogP contribution in [-0.4, -0.2) is 59.9 Å². The number of rotatable bonds is 36. The number of phosphoric acid groups is 1. The Bertz CT molecular complexity index is 1130. The summed E-state index contributed by atoms with van der Waals surface area (Å²) < 4.78 is 32.5. The van der Waals surface area contributed by atoms with Gasteiger partial charge in [0.15, 0.2) is 6.10 Å². The molecule has 304 valence electrons. The highest BCUT2D eigenvalue weighted by atomic mass is 31.2. The van der Waals surface area contributed by atoms with Gasteiger partial charge < -0.3 is 25.2 Å². The number of carbonyl (C=O) groups excluding carboxylic acids is 2. The lowest BCUT2D eigenvalue weighted by Crippen LogP contribution is -2.34. The molecule has 0 radical (unpaired) electrons. The Labute approximate surface area is 319 Å². The fourth-order valence-electron chi connectivity index (χ4n) is 5.04. The summed E-state index contributed by atoms with van der Waals surface area (Å²) >= 11 is 0. The third-order valence-corrected chi connectivity index (χ3v) is 9.11. The first-order valence-corrected chi connectivity index (χ1v) is 21.4. The Morgan fingerprint density at radius 1 is 0.604 bits per heavy atom. The Balaban J connectivity index is 4.49. The molecule has 0 saturated carbocycles. The molecule has 0 fully saturated rings. The van der Waals surface area contributed by atoms with Gasteiger partial charge >= 0.3 is 25.7 Å². The summed E-state index contributed by atoms with van der Waals surface area (Å²) in [4.78, 5) is 45.8. The normalized spacial score (nSPS) is 14.5. The minimum absolute atomic E-state index is 0.0639. The predicted molar refractivity (Wildman–Crippen MR) is 212 cm³/mol. The summed E-state index contributed by atoms with van der Waals surface area (Å²) in [5.74, 6) is -2.48. The average Bonchev–Trinajstić information content (AvgIpc) is 3.13. The van der Waals surface area contributed by atoms with Crippen molar-refractivity contribution in [3.8, 4) is 0 Å². The minimum Gasteiger partial charge on any atom is -0.480 e. The van der Waals surface area contributed by atoms with Crippen LogP contribution in [0.3, 0.4) is 0 Å². The van der Waals surface area contributed by atoms with Gasteiger partial charge in [0.1, 0.15) is 12.6 Å². The number of esters is 2. The number of carboxylic acids is 1. The van der Waals surface area contributed by atoms with Crippen LogP contribution in [0.4, 0.5) is 0 Å². The number of nitrogens with two attached hydrogens (primary N) is 1. The lowest BCUT2D eigenvalue weighted by molar-refractivity contribution is -0.161. The van der Waals surface area contributed by atoms with Crippen molar-refractivity contribution in [1.82, 2.24) is 0 Å². The summed E-state index contributed by atoms with van der Waals surface area (Å²) in [5.41, 5.74) is 5.31. The molecule has 0 aromatic heterocycles. The number of carbonyl (C=O) groups is 3. The molecule has 0 aliphatic heterocycles. The molecule has 53 heavy (non-hydrogen) atoms. The quantitative estimate of drug-likeness (QED) is 0.0240. The molecule has 12 heteroatoms. The molecule has 2 unspecified atom stereocenters. The van der Waals surface area contributed by atoms with Gasteiger partial charge in [-0.15, -0.1) is 0 Å². The smallest absolute Gasteiger partial charge is 0.472 e. The van der Waals surface area contributed by atoms with Crippen LogP contribution in [0.15, 0.2) is 60.8 Å².